The summed E-state index contributed by atoms with van der Waals surface area (Å²) in [4.78, 5) is 2.26. The molecule has 54 valence electrons. The van der Waals surface area contributed by atoms with Crippen molar-refractivity contribution in [3.05, 3.63) is 18.2 Å². The highest BCUT2D eigenvalue weighted by Crippen LogP contribution is 2.23. The normalized spacial score (nSPS) is 9.30. The summed E-state index contributed by atoms with van der Waals surface area (Å²) in [6.07, 6.45) is 0. The molecule has 0 aromatic heterocycles. The molecule has 3 N–H and O–H groups in total. The number of hydrogen-bond acceptors (Lipinski definition) is 3. The van der Waals surface area contributed by atoms with Gasteiger partial charge >= 0.3 is 0 Å². The standard InChI is InChI=1S/C6H6ClNO2/c7-8-4-1-5(9)3-6(10)2-4/h1-3,8-10H. The molecule has 3 nitrogen and oxygen atoms in total. The molecule has 0 saturated carbocycles. The molecule has 0 amide bonds. The maximum Gasteiger partial charge on any atom is 0.121 e. The number of phenolic OH excluding ortho intramolecular Hbond substituents is 2. The van der Waals surface area contributed by atoms with Crippen LogP contribution in [0.5, 0.6) is 11.5 Å². The largest absolute Gasteiger partial charge is 0.508 e. The van der Waals surface area contributed by atoms with Crippen LogP contribution in [0.3, 0.4) is 0 Å². The summed E-state index contributed by atoms with van der Waals surface area (Å²) in [5.74, 6) is -0.0497. The van der Waals surface area contributed by atoms with E-state index in [1.807, 2.05) is 0 Å². The number of nitrogens with one attached hydrogen (secondary N) is 1. The minimum absolute atomic E-state index is 0.0249. The van der Waals surface area contributed by atoms with Crippen LogP contribution in [-0.4, -0.2) is 10.2 Å². The van der Waals surface area contributed by atoms with Gasteiger partial charge in [0.25, 0.3) is 0 Å². The first kappa shape index (κ1) is 7.02. The Balaban J connectivity index is 3.06. The lowest BCUT2D eigenvalue weighted by molar-refractivity contribution is 0.451. The number of halogens is 1. The van der Waals surface area contributed by atoms with E-state index in [0.717, 1.165) is 0 Å². The SMILES string of the molecule is Oc1cc(O)cc(NCl)c1. The van der Waals surface area contributed by atoms with Crippen molar-refractivity contribution in [2.45, 2.75) is 0 Å². The van der Waals surface area contributed by atoms with Gasteiger partial charge in [-0.3, -0.25) is 4.84 Å². The molecule has 0 bridgehead atoms. The van der Waals surface area contributed by atoms with Crippen LogP contribution >= 0.6 is 11.8 Å². The number of hydrogen-bond donors (Lipinski definition) is 3. The lowest BCUT2D eigenvalue weighted by atomic mass is 10.3. The van der Waals surface area contributed by atoms with Gasteiger partial charge in [-0.15, -0.1) is 0 Å². The van der Waals surface area contributed by atoms with E-state index in [2.05, 4.69) is 4.84 Å². The molecule has 0 unspecified atom stereocenters. The maximum absolute atomic E-state index is 8.87. The summed E-state index contributed by atoms with van der Waals surface area (Å²) >= 11 is 5.20. The van der Waals surface area contributed by atoms with Crippen molar-refractivity contribution in [2.24, 2.45) is 0 Å². The molecule has 1 aromatic rings. The third kappa shape index (κ3) is 1.45. The van der Waals surface area contributed by atoms with E-state index in [1.165, 1.54) is 18.2 Å². The number of aromatic hydroxyl groups is 2. The molecule has 0 atom stereocenters. The zero-order chi connectivity index (χ0) is 7.56. The van der Waals surface area contributed by atoms with Gasteiger partial charge in [0, 0.05) is 30.0 Å². The minimum atomic E-state index is -0.0249. The van der Waals surface area contributed by atoms with Crippen LogP contribution in [0.2, 0.25) is 0 Å². The lowest BCUT2D eigenvalue weighted by Gasteiger charge is -1.98. The predicted octanol–water partition coefficient (Wildman–Crippen LogP) is 1.66. The molecule has 0 aliphatic heterocycles. The molecule has 0 heterocycles. The number of phenols is 2. The lowest BCUT2D eigenvalue weighted by Crippen LogP contribution is -1.78. The van der Waals surface area contributed by atoms with Gasteiger partial charge in [0.05, 0.1) is 5.69 Å². The van der Waals surface area contributed by atoms with Crippen LogP contribution in [0.25, 0.3) is 0 Å². The molecule has 4 heteroatoms. The number of rotatable bonds is 1. The van der Waals surface area contributed by atoms with Gasteiger partial charge in [0.15, 0.2) is 0 Å². The molecule has 10 heavy (non-hydrogen) atoms. The Morgan fingerprint density at radius 1 is 1.10 bits per heavy atom. The summed E-state index contributed by atoms with van der Waals surface area (Å²) < 4.78 is 0. The van der Waals surface area contributed by atoms with E-state index in [-0.39, 0.29) is 11.5 Å². The molecule has 0 saturated heterocycles. The molecule has 0 aliphatic rings. The number of benzene rings is 1. The number of anilines is 1. The first-order chi connectivity index (χ1) is 4.72. The Morgan fingerprint density at radius 2 is 1.60 bits per heavy atom. The van der Waals surface area contributed by atoms with Crippen molar-refractivity contribution in [2.75, 3.05) is 4.84 Å². The second-order valence-electron chi connectivity index (χ2n) is 1.83. The first-order valence-electron chi connectivity index (χ1n) is 2.62. The monoisotopic (exact) mass is 159 g/mol. The van der Waals surface area contributed by atoms with E-state index in [1.54, 1.807) is 0 Å². The van der Waals surface area contributed by atoms with Gasteiger partial charge in [0.1, 0.15) is 11.5 Å². The average Bonchev–Trinajstić information content (AvgIpc) is 1.85. The smallest absolute Gasteiger partial charge is 0.121 e. The first-order valence-corrected chi connectivity index (χ1v) is 3.00. The Bertz CT molecular complexity index is 219. The molecule has 1 rings (SSSR count). The fourth-order valence-electron chi connectivity index (χ4n) is 0.650. The van der Waals surface area contributed by atoms with Gasteiger partial charge in [-0.25, -0.2) is 0 Å². The minimum Gasteiger partial charge on any atom is -0.508 e. The van der Waals surface area contributed by atoms with Crippen LogP contribution in [0.4, 0.5) is 5.69 Å². The molecule has 1 aromatic carbocycles. The Hall–Kier alpha value is -1.09. The van der Waals surface area contributed by atoms with E-state index in [0.29, 0.717) is 5.69 Å². The molecular weight excluding hydrogens is 154 g/mol. The summed E-state index contributed by atoms with van der Waals surface area (Å²) in [7, 11) is 0. The second-order valence-corrected chi connectivity index (χ2v) is 2.02. The third-order valence-corrected chi connectivity index (χ3v) is 1.23. The Morgan fingerprint density at radius 3 is 2.00 bits per heavy atom. The molecule has 0 radical (unpaired) electrons. The van der Waals surface area contributed by atoms with Crippen molar-refractivity contribution in [1.29, 1.82) is 0 Å². The average molecular weight is 160 g/mol. The summed E-state index contributed by atoms with van der Waals surface area (Å²) in [6, 6.07) is 4.01. The van der Waals surface area contributed by atoms with Crippen LogP contribution in [0.1, 0.15) is 0 Å². The Kier molecular flexibility index (Phi) is 1.87. The summed E-state index contributed by atoms with van der Waals surface area (Å²) in [5, 5.41) is 17.7. The van der Waals surface area contributed by atoms with Gasteiger partial charge in [0.2, 0.25) is 0 Å². The van der Waals surface area contributed by atoms with E-state index < -0.39 is 0 Å². The fourth-order valence-corrected chi connectivity index (χ4v) is 0.759. The van der Waals surface area contributed by atoms with Crippen molar-refractivity contribution in [3.8, 4) is 11.5 Å². The quantitative estimate of drug-likeness (QED) is 0.547. The van der Waals surface area contributed by atoms with Crippen molar-refractivity contribution in [3.63, 3.8) is 0 Å². The zero-order valence-electron chi connectivity index (χ0n) is 5.00. The van der Waals surface area contributed by atoms with Crippen LogP contribution in [0.15, 0.2) is 18.2 Å². The zero-order valence-corrected chi connectivity index (χ0v) is 5.76. The van der Waals surface area contributed by atoms with E-state index in [4.69, 9.17) is 22.0 Å². The highest BCUT2D eigenvalue weighted by atomic mass is 35.5. The van der Waals surface area contributed by atoms with Crippen LogP contribution < -0.4 is 4.84 Å². The van der Waals surface area contributed by atoms with Gasteiger partial charge in [-0.05, 0) is 0 Å². The van der Waals surface area contributed by atoms with E-state index >= 15 is 0 Å². The second kappa shape index (κ2) is 2.66. The molecule has 0 aliphatic carbocycles. The predicted molar refractivity (Wildman–Crippen MR) is 39.2 cm³/mol. The van der Waals surface area contributed by atoms with Gasteiger partial charge < -0.3 is 10.2 Å². The van der Waals surface area contributed by atoms with Crippen LogP contribution in [-0.2, 0) is 0 Å². The van der Waals surface area contributed by atoms with Crippen molar-refractivity contribution >= 4 is 17.5 Å². The summed E-state index contributed by atoms with van der Waals surface area (Å²) in [5.41, 5.74) is 0.458. The summed E-state index contributed by atoms with van der Waals surface area (Å²) in [6.45, 7) is 0. The van der Waals surface area contributed by atoms with Crippen molar-refractivity contribution in [1.82, 2.24) is 0 Å². The highest BCUT2D eigenvalue weighted by Gasteiger charge is 1.95. The van der Waals surface area contributed by atoms with Crippen molar-refractivity contribution < 1.29 is 10.2 Å². The van der Waals surface area contributed by atoms with Crippen LogP contribution in [0, 0.1) is 0 Å². The molecule has 0 fully saturated rings. The van der Waals surface area contributed by atoms with E-state index in [9.17, 15) is 0 Å². The van der Waals surface area contributed by atoms with Gasteiger partial charge in [-0.2, -0.15) is 0 Å². The molecular formula is C6H6ClNO2. The van der Waals surface area contributed by atoms with Gasteiger partial charge in [-0.1, -0.05) is 0 Å². The topological polar surface area (TPSA) is 52.5 Å². The fraction of sp³-hybridized carbons (Fsp3) is 0. The Labute approximate surface area is 63.0 Å². The maximum atomic E-state index is 8.87. The molecule has 0 spiro atoms. The third-order valence-electron chi connectivity index (χ3n) is 1.01. The highest BCUT2D eigenvalue weighted by molar-refractivity contribution is 6.24.